The largest absolute Gasteiger partial charge is 0.479 e. The molecule has 0 bridgehead atoms. The maximum Gasteiger partial charge on any atom is 0.334 e. The summed E-state index contributed by atoms with van der Waals surface area (Å²) in [5.74, 6) is 2.37. The van der Waals surface area contributed by atoms with Crippen LogP contribution in [0.1, 0.15) is 31.9 Å². The Kier molecular flexibility index (Phi) is 6.00. The van der Waals surface area contributed by atoms with Crippen molar-refractivity contribution in [3.05, 3.63) is 35.4 Å². The lowest BCUT2D eigenvalue weighted by Crippen LogP contribution is -2.45. The van der Waals surface area contributed by atoms with Crippen LogP contribution in [0.3, 0.4) is 0 Å². The molecule has 1 saturated heterocycles. The van der Waals surface area contributed by atoms with Gasteiger partial charge in [0.25, 0.3) is 0 Å². The van der Waals surface area contributed by atoms with Crippen LogP contribution in [0.5, 0.6) is 0 Å². The molecule has 0 saturated carbocycles. The number of aliphatic carboxylic acids is 1. The van der Waals surface area contributed by atoms with E-state index >= 15 is 0 Å². The molecular formula is C18H25NO3Si. The molecule has 0 radical (unpaired) electrons. The zero-order valence-electron chi connectivity index (χ0n) is 14.1. The third-order valence-corrected chi connectivity index (χ3v) is 5.05. The number of hydrogen-bond donors (Lipinski definition) is 1. The van der Waals surface area contributed by atoms with Crippen molar-refractivity contribution in [2.75, 3.05) is 19.7 Å². The van der Waals surface area contributed by atoms with Gasteiger partial charge in [-0.05, 0) is 22.7 Å². The highest BCUT2D eigenvalue weighted by atomic mass is 28.2. The number of rotatable bonds is 3. The van der Waals surface area contributed by atoms with Crippen molar-refractivity contribution in [3.8, 4) is 11.5 Å². The van der Waals surface area contributed by atoms with Crippen molar-refractivity contribution in [2.45, 2.75) is 38.5 Å². The van der Waals surface area contributed by atoms with Gasteiger partial charge in [-0.3, -0.25) is 4.90 Å². The highest BCUT2D eigenvalue weighted by molar-refractivity contribution is 6.49. The number of carbonyl (C=O) groups is 1. The van der Waals surface area contributed by atoms with Gasteiger partial charge in [-0.25, -0.2) is 4.79 Å². The zero-order valence-corrected chi connectivity index (χ0v) is 15.5. The van der Waals surface area contributed by atoms with E-state index in [0.29, 0.717) is 18.2 Å². The first-order valence-corrected chi connectivity index (χ1v) is 9.39. The molecule has 1 aromatic carbocycles. The third-order valence-electron chi connectivity index (χ3n) is 3.64. The number of nitrogens with zero attached hydrogens (tertiary/aromatic N) is 1. The molecular weight excluding hydrogens is 306 g/mol. The van der Waals surface area contributed by atoms with E-state index in [1.54, 1.807) is 0 Å². The summed E-state index contributed by atoms with van der Waals surface area (Å²) in [6.45, 7) is 9.14. The van der Waals surface area contributed by atoms with E-state index in [4.69, 9.17) is 9.84 Å². The van der Waals surface area contributed by atoms with E-state index in [1.807, 2.05) is 0 Å². The third kappa shape index (κ3) is 6.18. The molecule has 5 heteroatoms. The average Bonchev–Trinajstić information content (AvgIpc) is 2.48. The first-order valence-electron chi connectivity index (χ1n) is 7.98. The number of carboxylic acids is 1. The number of benzene rings is 1. The molecule has 0 aromatic heterocycles. The highest BCUT2D eigenvalue weighted by Crippen LogP contribution is 2.19. The van der Waals surface area contributed by atoms with Gasteiger partial charge in [0, 0.05) is 25.2 Å². The molecule has 4 nitrogen and oxygen atoms in total. The summed E-state index contributed by atoms with van der Waals surface area (Å²) in [7, 11) is -0.378. The zero-order chi connectivity index (χ0) is 16.9. The van der Waals surface area contributed by atoms with Gasteiger partial charge in [-0.15, -0.1) is 5.54 Å². The molecule has 124 valence electrons. The summed E-state index contributed by atoms with van der Waals surface area (Å²) in [6, 6.07) is 8.25. The Hall–Kier alpha value is -1.61. The minimum absolute atomic E-state index is 0.365. The normalized spacial score (nSPS) is 19.5. The number of ether oxygens (including phenoxy) is 1. The fraction of sp³-hybridized carbons (Fsp3) is 0.500. The van der Waals surface area contributed by atoms with E-state index < -0.39 is 12.1 Å². The van der Waals surface area contributed by atoms with Crippen LogP contribution in [0.4, 0.5) is 0 Å². The Bertz CT molecular complexity index is 595. The Balaban J connectivity index is 1.91. The summed E-state index contributed by atoms with van der Waals surface area (Å²) in [5.41, 5.74) is 5.58. The van der Waals surface area contributed by atoms with E-state index in [1.165, 1.54) is 5.56 Å². The van der Waals surface area contributed by atoms with Crippen LogP contribution in [0.2, 0.25) is 5.04 Å². The lowest BCUT2D eigenvalue weighted by Gasteiger charge is -2.30. The van der Waals surface area contributed by atoms with Gasteiger partial charge in [0.1, 0.15) is 9.52 Å². The van der Waals surface area contributed by atoms with E-state index in [9.17, 15) is 4.79 Å². The van der Waals surface area contributed by atoms with E-state index in [0.717, 1.165) is 18.7 Å². The van der Waals surface area contributed by atoms with E-state index in [-0.39, 0.29) is 9.52 Å². The van der Waals surface area contributed by atoms with Gasteiger partial charge in [-0.1, -0.05) is 38.8 Å². The Morgan fingerprint density at radius 2 is 2.09 bits per heavy atom. The molecule has 1 heterocycles. The molecule has 1 aromatic rings. The molecule has 1 atom stereocenters. The minimum atomic E-state index is -0.886. The fourth-order valence-electron chi connectivity index (χ4n) is 2.36. The Morgan fingerprint density at radius 3 is 2.70 bits per heavy atom. The van der Waals surface area contributed by atoms with Crippen LogP contribution in [-0.2, 0) is 16.1 Å². The molecule has 2 rings (SSSR count). The Labute approximate surface area is 140 Å². The summed E-state index contributed by atoms with van der Waals surface area (Å²) >= 11 is 0. The quantitative estimate of drug-likeness (QED) is 0.676. The van der Waals surface area contributed by atoms with Crippen LogP contribution in [0, 0.1) is 11.5 Å². The minimum Gasteiger partial charge on any atom is -0.479 e. The summed E-state index contributed by atoms with van der Waals surface area (Å²) in [5, 5.41) is 9.40. The smallest absolute Gasteiger partial charge is 0.334 e. The molecule has 0 aliphatic carbocycles. The van der Waals surface area contributed by atoms with Crippen LogP contribution < -0.4 is 0 Å². The maximum atomic E-state index is 11.0. The summed E-state index contributed by atoms with van der Waals surface area (Å²) in [6.07, 6.45) is -0.712. The van der Waals surface area contributed by atoms with Gasteiger partial charge < -0.3 is 9.84 Å². The maximum absolute atomic E-state index is 11.0. The van der Waals surface area contributed by atoms with Gasteiger partial charge >= 0.3 is 5.97 Å². The molecule has 1 fully saturated rings. The summed E-state index contributed by atoms with van der Waals surface area (Å²) in [4.78, 5) is 13.1. The molecule has 1 aliphatic heterocycles. The number of carboxylic acid groups (broad SMARTS) is 1. The Morgan fingerprint density at radius 1 is 1.39 bits per heavy atom. The first kappa shape index (κ1) is 17.7. The predicted molar refractivity (Wildman–Crippen MR) is 94.2 cm³/mol. The molecule has 1 aliphatic rings. The number of morpholine rings is 1. The molecule has 23 heavy (non-hydrogen) atoms. The number of hydrogen-bond acceptors (Lipinski definition) is 3. The fourth-order valence-corrected chi connectivity index (χ4v) is 3.18. The van der Waals surface area contributed by atoms with Crippen molar-refractivity contribution >= 4 is 15.5 Å². The highest BCUT2D eigenvalue weighted by Gasteiger charge is 2.25. The SMILES string of the molecule is CC(C)(C)[SiH2]C#Cc1ccc(CN2CCOC(C(=O)O)C2)cc1. The average molecular weight is 331 g/mol. The molecule has 1 N–H and O–H groups in total. The van der Waals surface area contributed by atoms with Crippen molar-refractivity contribution in [1.82, 2.24) is 4.90 Å². The lowest BCUT2D eigenvalue weighted by atomic mass is 10.1. The predicted octanol–water partition coefficient (Wildman–Crippen LogP) is 1.67. The molecule has 0 amide bonds. The van der Waals surface area contributed by atoms with Gasteiger partial charge in [0.05, 0.1) is 6.61 Å². The monoisotopic (exact) mass is 331 g/mol. The second-order valence-corrected chi connectivity index (χ2v) is 10.00. The van der Waals surface area contributed by atoms with Crippen molar-refractivity contribution < 1.29 is 14.6 Å². The first-order chi connectivity index (χ1) is 10.8. The van der Waals surface area contributed by atoms with Gasteiger partial charge in [0.2, 0.25) is 0 Å². The van der Waals surface area contributed by atoms with Gasteiger partial charge in [-0.2, -0.15) is 0 Å². The van der Waals surface area contributed by atoms with Crippen molar-refractivity contribution in [3.63, 3.8) is 0 Å². The summed E-state index contributed by atoms with van der Waals surface area (Å²) < 4.78 is 5.24. The lowest BCUT2D eigenvalue weighted by molar-refractivity contribution is -0.156. The van der Waals surface area contributed by atoms with Crippen LogP contribution >= 0.6 is 0 Å². The van der Waals surface area contributed by atoms with Crippen LogP contribution in [-0.4, -0.2) is 51.3 Å². The topological polar surface area (TPSA) is 49.8 Å². The van der Waals surface area contributed by atoms with Crippen LogP contribution in [0.15, 0.2) is 24.3 Å². The van der Waals surface area contributed by atoms with E-state index in [2.05, 4.69) is 61.4 Å². The second-order valence-electron chi connectivity index (χ2n) is 7.17. The molecule has 1 unspecified atom stereocenters. The molecule has 0 spiro atoms. The van der Waals surface area contributed by atoms with Crippen LogP contribution in [0.25, 0.3) is 0 Å². The second kappa shape index (κ2) is 7.78. The van der Waals surface area contributed by atoms with Crippen molar-refractivity contribution in [1.29, 1.82) is 0 Å². The van der Waals surface area contributed by atoms with Crippen molar-refractivity contribution in [2.24, 2.45) is 0 Å². The van der Waals surface area contributed by atoms with Gasteiger partial charge in [0.15, 0.2) is 6.10 Å². The standard InChI is InChI=1S/C18H25NO3Si/c1-18(2,3)23-11-8-14-4-6-15(7-5-14)12-19-9-10-22-16(13-19)17(20)21/h4-7,16H,9-10,12-13,23H2,1-3H3,(H,20,21).